The van der Waals surface area contributed by atoms with Crippen LogP contribution < -0.4 is 0 Å². The maximum Gasteiger partial charge on any atom is 2.00 e. The van der Waals surface area contributed by atoms with Crippen LogP contribution >= 0.6 is 0 Å². The van der Waals surface area contributed by atoms with Crippen molar-refractivity contribution in [3.8, 4) is 0 Å². The van der Waals surface area contributed by atoms with Crippen LogP contribution in [0.5, 0.6) is 0 Å². The van der Waals surface area contributed by atoms with Gasteiger partial charge < -0.3 is 41.4 Å². The summed E-state index contributed by atoms with van der Waals surface area (Å²) < 4.78 is 10.9. The van der Waals surface area contributed by atoms with Crippen LogP contribution in [0.1, 0.15) is 57.1 Å². The Hall–Kier alpha value is -3.15. The molecular weight excluding hydrogens is 755 g/mol. The number of carbonyl (C=O) groups is 4. The quantitative estimate of drug-likeness (QED) is 0.184. The molecule has 44 heavy (non-hydrogen) atoms. The van der Waals surface area contributed by atoms with Crippen LogP contribution in [0.2, 0.25) is 0 Å². The number of ether oxygens (including phenoxy) is 2. The second-order valence-corrected chi connectivity index (χ2v) is 9.80. The molecule has 6 N–H and O–H groups in total. The van der Waals surface area contributed by atoms with Gasteiger partial charge in [-0.1, -0.05) is 74.5 Å². The van der Waals surface area contributed by atoms with Gasteiger partial charge in [0.25, 0.3) is 0 Å². The summed E-state index contributed by atoms with van der Waals surface area (Å²) in [6.07, 6.45) is 2.25. The number of aryl methyl sites for hydroxylation is 2. The summed E-state index contributed by atoms with van der Waals surface area (Å²) in [6, 6.07) is 19.9. The topological polar surface area (TPSA) is 215 Å². The minimum Gasteiger partial charge on any atom is -0.675 e. The van der Waals surface area contributed by atoms with Crippen LogP contribution in [0.3, 0.4) is 0 Å². The summed E-state index contributed by atoms with van der Waals surface area (Å²) in [4.78, 5) is 39.2. The fourth-order valence-electron chi connectivity index (χ4n) is 3.53. The molecule has 2 aromatic carbocycles. The van der Waals surface area contributed by atoms with Crippen molar-refractivity contribution in [3.05, 3.63) is 83.3 Å². The summed E-state index contributed by atoms with van der Waals surface area (Å²) in [5, 5.41) is 32.2. The number of benzene rings is 2. The van der Waals surface area contributed by atoms with E-state index >= 15 is 0 Å². The first-order valence-corrected chi connectivity index (χ1v) is 13.9. The van der Waals surface area contributed by atoms with Gasteiger partial charge in [0.15, 0.2) is 6.29 Å². The van der Waals surface area contributed by atoms with Crippen molar-refractivity contribution in [1.82, 2.24) is 0 Å². The molecular formula is C31H44N2O10Pt. The standard InChI is InChI=1S/2C10H12O2.C8H16N2O2.C3H4O4.Pt/c2*11-10(12)8-4-7-9-5-2-1-3-6-9;1-5(2)8-11-6(3-9)7(4-10)12-8;4-2(5)1-3(6)7;/h2*1-3,5-6H,4,7-8H2,(H,11,12);5-10H,3-4H2,1-2H3;1H2,(H,4,5)(H,6,7);/q;;-2;;+2. The molecule has 0 amide bonds. The number of carboxylic acids is 4. The number of rotatable bonds is 13. The van der Waals surface area contributed by atoms with Crippen molar-refractivity contribution >= 4 is 23.9 Å². The van der Waals surface area contributed by atoms with Gasteiger partial charge in [-0.3, -0.25) is 19.2 Å². The molecule has 1 saturated heterocycles. The van der Waals surface area contributed by atoms with Crippen LogP contribution in [0.4, 0.5) is 0 Å². The molecule has 13 heteroatoms. The molecule has 0 spiro atoms. The molecule has 1 fully saturated rings. The van der Waals surface area contributed by atoms with Crippen LogP contribution in [0, 0.1) is 5.92 Å². The van der Waals surface area contributed by atoms with E-state index in [0.717, 1.165) is 25.7 Å². The molecule has 3 rings (SSSR count). The summed E-state index contributed by atoms with van der Waals surface area (Å²) in [7, 11) is 0. The zero-order valence-corrected chi connectivity index (χ0v) is 27.3. The predicted octanol–water partition coefficient (Wildman–Crippen LogP) is 5.59. The van der Waals surface area contributed by atoms with E-state index in [1.54, 1.807) is 0 Å². The van der Waals surface area contributed by atoms with Crippen molar-refractivity contribution in [3.63, 3.8) is 0 Å². The third kappa shape index (κ3) is 23.3. The molecule has 248 valence electrons. The van der Waals surface area contributed by atoms with Gasteiger partial charge in [0.05, 0.1) is 12.2 Å². The van der Waals surface area contributed by atoms with Crippen LogP contribution in [-0.4, -0.2) is 75.9 Å². The van der Waals surface area contributed by atoms with Crippen LogP contribution in [0.15, 0.2) is 60.7 Å². The van der Waals surface area contributed by atoms with Crippen molar-refractivity contribution in [2.45, 2.75) is 77.3 Å². The molecule has 0 bridgehead atoms. The van der Waals surface area contributed by atoms with E-state index in [9.17, 15) is 19.2 Å². The Kier molecular flexibility index (Phi) is 25.7. The molecule has 0 aromatic heterocycles. The van der Waals surface area contributed by atoms with Gasteiger partial charge >= 0.3 is 44.9 Å². The number of carboxylic acid groups (broad SMARTS) is 4. The van der Waals surface area contributed by atoms with Crippen molar-refractivity contribution in [2.75, 3.05) is 13.1 Å². The molecule has 2 atom stereocenters. The van der Waals surface area contributed by atoms with Crippen molar-refractivity contribution in [2.24, 2.45) is 5.92 Å². The summed E-state index contributed by atoms with van der Waals surface area (Å²) >= 11 is 0. The zero-order valence-electron chi connectivity index (χ0n) is 25.0. The maximum absolute atomic E-state index is 10.2. The van der Waals surface area contributed by atoms with Crippen LogP contribution in [-0.2, 0) is 62.6 Å². The number of nitrogens with one attached hydrogen (secondary N) is 2. The Labute approximate surface area is 273 Å². The van der Waals surface area contributed by atoms with Crippen LogP contribution in [0.25, 0.3) is 11.5 Å². The molecule has 0 saturated carbocycles. The van der Waals surface area contributed by atoms with Gasteiger partial charge in [0, 0.05) is 18.8 Å². The fraction of sp³-hybridized carbons (Fsp3) is 0.484. The average Bonchev–Trinajstić information content (AvgIpc) is 3.38. The molecule has 2 unspecified atom stereocenters. The maximum atomic E-state index is 10.2. The number of hydrogen-bond donors (Lipinski definition) is 4. The summed E-state index contributed by atoms with van der Waals surface area (Å²) in [5.74, 6) is -3.76. The Morgan fingerprint density at radius 1 is 0.659 bits per heavy atom. The second kappa shape index (κ2) is 26.3. The van der Waals surface area contributed by atoms with Gasteiger partial charge in [-0.25, -0.2) is 0 Å². The molecule has 1 heterocycles. The molecule has 0 aliphatic carbocycles. The average molecular weight is 800 g/mol. The van der Waals surface area contributed by atoms with E-state index in [2.05, 4.69) is 0 Å². The minimum absolute atomic E-state index is 0. The van der Waals surface area contributed by atoms with Crippen molar-refractivity contribution < 1.29 is 70.1 Å². The molecule has 1 aliphatic rings. The normalized spacial score (nSPS) is 16.4. The predicted molar refractivity (Wildman–Crippen MR) is 161 cm³/mol. The van der Waals surface area contributed by atoms with E-state index in [1.807, 2.05) is 74.5 Å². The molecule has 1 aliphatic heterocycles. The van der Waals surface area contributed by atoms with Gasteiger partial charge in [-0.05, 0) is 36.8 Å². The Morgan fingerprint density at radius 3 is 1.23 bits per heavy atom. The molecule has 0 radical (unpaired) electrons. The third-order valence-electron chi connectivity index (χ3n) is 5.68. The number of aliphatic carboxylic acids is 4. The van der Waals surface area contributed by atoms with E-state index in [1.165, 1.54) is 11.1 Å². The minimum atomic E-state index is -1.31. The second-order valence-electron chi connectivity index (χ2n) is 9.80. The van der Waals surface area contributed by atoms with E-state index in [0.29, 0.717) is 5.92 Å². The fourth-order valence-corrected chi connectivity index (χ4v) is 3.53. The zero-order chi connectivity index (χ0) is 32.6. The Bertz CT molecular complexity index is 978. The van der Waals surface area contributed by atoms with Gasteiger partial charge in [-0.2, -0.15) is 0 Å². The molecule has 2 aromatic rings. The monoisotopic (exact) mass is 799 g/mol. The van der Waals surface area contributed by atoms with Gasteiger partial charge in [0.1, 0.15) is 6.42 Å². The first-order valence-electron chi connectivity index (χ1n) is 13.9. The molecule has 12 nitrogen and oxygen atoms in total. The summed E-state index contributed by atoms with van der Waals surface area (Å²) in [6.45, 7) is 4.40. The number of hydrogen-bond acceptors (Lipinski definition) is 6. The summed E-state index contributed by atoms with van der Waals surface area (Å²) in [5.41, 5.74) is 16.8. The van der Waals surface area contributed by atoms with E-state index < -0.39 is 30.3 Å². The van der Waals surface area contributed by atoms with Crippen molar-refractivity contribution in [1.29, 1.82) is 0 Å². The first kappa shape index (κ1) is 43.0. The Balaban J connectivity index is 0. The smallest absolute Gasteiger partial charge is 0.675 e. The van der Waals surface area contributed by atoms with E-state index in [4.69, 9.17) is 41.4 Å². The SMILES string of the molecule is CC(C)C1OC(C[NH-])C(C[NH-])O1.O=C(O)CC(=O)O.O=C(O)CCCc1ccccc1.O=C(O)CCCc1ccccc1.[Pt+2]. The largest absolute Gasteiger partial charge is 2.00 e. The van der Waals surface area contributed by atoms with E-state index in [-0.39, 0.29) is 65.5 Å². The Morgan fingerprint density at radius 2 is 1.00 bits per heavy atom. The third-order valence-corrected chi connectivity index (χ3v) is 5.68. The first-order chi connectivity index (χ1) is 20.4. The van der Waals surface area contributed by atoms with Gasteiger partial charge in [0.2, 0.25) is 0 Å². The van der Waals surface area contributed by atoms with Gasteiger partial charge in [-0.15, -0.1) is 13.1 Å².